The first-order valence-corrected chi connectivity index (χ1v) is 8.07. The Morgan fingerprint density at radius 1 is 1.63 bits per heavy atom. The fraction of sp³-hybridized carbons (Fsp3) is 0.643. The van der Waals surface area contributed by atoms with Gasteiger partial charge < -0.3 is 15.8 Å². The van der Waals surface area contributed by atoms with Gasteiger partial charge in [0.1, 0.15) is 0 Å². The molecule has 2 atom stereocenters. The summed E-state index contributed by atoms with van der Waals surface area (Å²) in [6.07, 6.45) is 5.88. The predicted molar refractivity (Wildman–Crippen MR) is 81.5 cm³/mol. The second-order valence-electron chi connectivity index (χ2n) is 4.82. The molecule has 0 bridgehead atoms. The third-order valence-corrected chi connectivity index (χ3v) is 4.35. The highest BCUT2D eigenvalue weighted by molar-refractivity contribution is 7.99. The Bertz CT molecular complexity index is 383. The minimum absolute atomic E-state index is 0.268. The smallest absolute Gasteiger partial charge is 0.0821 e. The number of rotatable bonds is 6. The molecule has 2 heterocycles. The van der Waals surface area contributed by atoms with Crippen molar-refractivity contribution in [2.45, 2.75) is 31.9 Å². The minimum Gasteiger partial charge on any atom is -0.398 e. The number of nitrogens with zero attached hydrogens (tertiary/aromatic N) is 1. The van der Waals surface area contributed by atoms with Gasteiger partial charge in [0.15, 0.2) is 0 Å². The van der Waals surface area contributed by atoms with E-state index in [4.69, 9.17) is 10.5 Å². The van der Waals surface area contributed by atoms with Crippen LogP contribution in [0.1, 0.15) is 18.9 Å². The molecule has 106 valence electrons. The van der Waals surface area contributed by atoms with Gasteiger partial charge in [0.2, 0.25) is 0 Å². The van der Waals surface area contributed by atoms with Gasteiger partial charge in [-0.15, -0.1) is 0 Å². The predicted octanol–water partition coefficient (Wildman–Crippen LogP) is 1.71. The Kier molecular flexibility index (Phi) is 5.94. The Morgan fingerprint density at radius 2 is 2.53 bits per heavy atom. The Hall–Kier alpha value is -0.780. The molecular formula is C14H23N3OS. The summed E-state index contributed by atoms with van der Waals surface area (Å²) in [5.74, 6) is 2.16. The lowest BCUT2D eigenvalue weighted by atomic mass is 10.0. The van der Waals surface area contributed by atoms with E-state index in [1.54, 1.807) is 6.20 Å². The van der Waals surface area contributed by atoms with E-state index in [9.17, 15) is 0 Å². The number of hydrogen-bond donors (Lipinski definition) is 2. The molecule has 19 heavy (non-hydrogen) atoms. The van der Waals surface area contributed by atoms with E-state index < -0.39 is 0 Å². The van der Waals surface area contributed by atoms with Crippen LogP contribution < -0.4 is 11.1 Å². The van der Waals surface area contributed by atoms with Crippen molar-refractivity contribution < 1.29 is 4.74 Å². The molecule has 5 heteroatoms. The minimum atomic E-state index is 0.268. The SMILES string of the molecule is CCCNC(Cc1cnccc1N)C1CSCCO1. The van der Waals surface area contributed by atoms with Crippen LogP contribution in [-0.2, 0) is 11.2 Å². The lowest BCUT2D eigenvalue weighted by Gasteiger charge is -2.31. The second kappa shape index (κ2) is 7.72. The lowest BCUT2D eigenvalue weighted by molar-refractivity contribution is 0.0472. The summed E-state index contributed by atoms with van der Waals surface area (Å²) < 4.78 is 5.90. The zero-order valence-corrected chi connectivity index (χ0v) is 12.3. The summed E-state index contributed by atoms with van der Waals surface area (Å²) in [5, 5.41) is 3.59. The Balaban J connectivity index is 2.02. The van der Waals surface area contributed by atoms with Crippen LogP contribution in [0.4, 0.5) is 5.69 Å². The van der Waals surface area contributed by atoms with Crippen molar-refractivity contribution in [1.82, 2.24) is 10.3 Å². The number of aromatic nitrogens is 1. The highest BCUT2D eigenvalue weighted by Gasteiger charge is 2.25. The van der Waals surface area contributed by atoms with E-state index in [0.29, 0.717) is 6.04 Å². The van der Waals surface area contributed by atoms with Gasteiger partial charge in [0.05, 0.1) is 12.7 Å². The number of ether oxygens (including phenoxy) is 1. The van der Waals surface area contributed by atoms with E-state index in [1.165, 1.54) is 0 Å². The molecule has 1 fully saturated rings. The van der Waals surface area contributed by atoms with Crippen molar-refractivity contribution in [2.24, 2.45) is 0 Å². The highest BCUT2D eigenvalue weighted by Crippen LogP contribution is 2.20. The topological polar surface area (TPSA) is 60.2 Å². The maximum Gasteiger partial charge on any atom is 0.0821 e. The van der Waals surface area contributed by atoms with Crippen molar-refractivity contribution in [3.63, 3.8) is 0 Å². The quantitative estimate of drug-likeness (QED) is 0.831. The fourth-order valence-corrected chi connectivity index (χ4v) is 3.19. The summed E-state index contributed by atoms with van der Waals surface area (Å²) >= 11 is 1.97. The van der Waals surface area contributed by atoms with Gasteiger partial charge >= 0.3 is 0 Å². The van der Waals surface area contributed by atoms with Crippen LogP contribution >= 0.6 is 11.8 Å². The molecule has 0 aliphatic carbocycles. The van der Waals surface area contributed by atoms with Crippen LogP contribution in [0.15, 0.2) is 18.5 Å². The molecule has 0 aromatic carbocycles. The first-order valence-electron chi connectivity index (χ1n) is 6.92. The number of anilines is 1. The summed E-state index contributed by atoms with van der Waals surface area (Å²) in [5.41, 5.74) is 7.94. The van der Waals surface area contributed by atoms with Crippen molar-refractivity contribution in [1.29, 1.82) is 0 Å². The monoisotopic (exact) mass is 281 g/mol. The van der Waals surface area contributed by atoms with Crippen molar-refractivity contribution in [3.8, 4) is 0 Å². The largest absolute Gasteiger partial charge is 0.398 e. The molecule has 1 aliphatic rings. The van der Waals surface area contributed by atoms with Crippen molar-refractivity contribution >= 4 is 17.4 Å². The second-order valence-corrected chi connectivity index (χ2v) is 5.97. The van der Waals surface area contributed by atoms with Gasteiger partial charge in [0, 0.05) is 35.6 Å². The van der Waals surface area contributed by atoms with E-state index >= 15 is 0 Å². The van der Waals surface area contributed by atoms with E-state index in [2.05, 4.69) is 17.2 Å². The van der Waals surface area contributed by atoms with Gasteiger partial charge in [-0.3, -0.25) is 4.98 Å². The first-order chi connectivity index (χ1) is 9.31. The van der Waals surface area contributed by atoms with E-state index in [0.717, 1.165) is 48.7 Å². The molecule has 3 N–H and O–H groups in total. The molecule has 2 rings (SSSR count). The van der Waals surface area contributed by atoms with Gasteiger partial charge in [-0.05, 0) is 31.0 Å². The third-order valence-electron chi connectivity index (χ3n) is 3.33. The van der Waals surface area contributed by atoms with Gasteiger partial charge in [-0.25, -0.2) is 0 Å². The number of pyridine rings is 1. The summed E-state index contributed by atoms with van der Waals surface area (Å²) in [6, 6.07) is 2.18. The molecule has 0 amide bonds. The van der Waals surface area contributed by atoms with Crippen LogP contribution in [0.2, 0.25) is 0 Å². The van der Waals surface area contributed by atoms with Crippen molar-refractivity contribution in [3.05, 3.63) is 24.0 Å². The number of nitrogens with two attached hydrogens (primary N) is 1. The van der Waals surface area contributed by atoms with E-state index in [-0.39, 0.29) is 6.10 Å². The van der Waals surface area contributed by atoms with Gasteiger partial charge in [0.25, 0.3) is 0 Å². The van der Waals surface area contributed by atoms with Gasteiger partial charge in [-0.1, -0.05) is 6.92 Å². The standard InChI is InChI=1S/C14H23N3OS/c1-2-4-17-13(14-10-19-7-6-18-14)8-11-9-16-5-3-12(11)15/h3,5,9,13-14,17H,2,4,6-8,10H2,1H3,(H2,15,16). The van der Waals surface area contributed by atoms with Gasteiger partial charge in [-0.2, -0.15) is 11.8 Å². The lowest BCUT2D eigenvalue weighted by Crippen LogP contribution is -2.46. The number of hydrogen-bond acceptors (Lipinski definition) is 5. The molecule has 0 saturated carbocycles. The molecule has 1 aliphatic heterocycles. The summed E-state index contributed by atoms with van der Waals surface area (Å²) in [4.78, 5) is 4.17. The molecular weight excluding hydrogens is 258 g/mol. The van der Waals surface area contributed by atoms with Crippen LogP contribution in [-0.4, -0.2) is 41.8 Å². The number of nitrogen functional groups attached to an aromatic ring is 1. The van der Waals surface area contributed by atoms with Crippen molar-refractivity contribution in [2.75, 3.05) is 30.4 Å². The Labute approximate surface area is 119 Å². The average Bonchev–Trinajstić information content (AvgIpc) is 2.46. The van der Waals surface area contributed by atoms with Crippen LogP contribution in [0.25, 0.3) is 0 Å². The summed E-state index contributed by atoms with van der Waals surface area (Å²) in [6.45, 7) is 4.04. The zero-order chi connectivity index (χ0) is 13.5. The maximum atomic E-state index is 6.01. The van der Waals surface area contributed by atoms with Crippen LogP contribution in [0, 0.1) is 0 Å². The molecule has 4 nitrogen and oxygen atoms in total. The molecule has 0 spiro atoms. The average molecular weight is 281 g/mol. The molecule has 1 saturated heterocycles. The number of thioether (sulfide) groups is 1. The maximum absolute atomic E-state index is 6.01. The molecule has 2 unspecified atom stereocenters. The zero-order valence-electron chi connectivity index (χ0n) is 11.5. The Morgan fingerprint density at radius 3 is 3.21 bits per heavy atom. The fourth-order valence-electron chi connectivity index (χ4n) is 2.25. The number of nitrogens with one attached hydrogen (secondary N) is 1. The molecule has 0 radical (unpaired) electrons. The highest BCUT2D eigenvalue weighted by atomic mass is 32.2. The third kappa shape index (κ3) is 4.37. The van der Waals surface area contributed by atoms with Crippen LogP contribution in [0.3, 0.4) is 0 Å². The van der Waals surface area contributed by atoms with E-state index in [1.807, 2.05) is 24.0 Å². The first kappa shape index (κ1) is 14.6. The normalized spacial score (nSPS) is 21.2. The molecule has 1 aromatic heterocycles. The molecule has 1 aromatic rings. The summed E-state index contributed by atoms with van der Waals surface area (Å²) in [7, 11) is 0. The van der Waals surface area contributed by atoms with Crippen LogP contribution in [0.5, 0.6) is 0 Å².